The predicted octanol–water partition coefficient (Wildman–Crippen LogP) is 4.45. The molecule has 0 spiro atoms. The van der Waals surface area contributed by atoms with Crippen molar-refractivity contribution >= 4 is 45.7 Å². The van der Waals surface area contributed by atoms with E-state index in [4.69, 9.17) is 11.6 Å². The van der Waals surface area contributed by atoms with E-state index in [0.717, 1.165) is 6.08 Å². The summed E-state index contributed by atoms with van der Waals surface area (Å²) in [6.07, 6.45) is -2.06. The second kappa shape index (κ2) is 8.54. The molecule has 31 heavy (non-hydrogen) atoms. The second-order valence-electron chi connectivity index (χ2n) is 5.73. The van der Waals surface area contributed by atoms with E-state index < -0.39 is 32.7 Å². The molecule has 0 saturated carbocycles. The van der Waals surface area contributed by atoms with Gasteiger partial charge in [0.25, 0.3) is 11.6 Å². The minimum absolute atomic E-state index is 0.108. The number of rotatable bonds is 5. The average molecular weight is 469 g/mol. The number of nitrogens with zero attached hydrogens (tertiary/aromatic N) is 5. The van der Waals surface area contributed by atoms with E-state index >= 15 is 0 Å². The van der Waals surface area contributed by atoms with Crippen LogP contribution >= 0.6 is 22.9 Å². The molecule has 1 amide bonds. The fourth-order valence-electron chi connectivity index (χ4n) is 2.38. The molecule has 3 aromatic rings. The van der Waals surface area contributed by atoms with E-state index in [1.165, 1.54) is 35.0 Å². The van der Waals surface area contributed by atoms with Gasteiger partial charge in [-0.3, -0.25) is 20.2 Å². The lowest BCUT2D eigenvalue weighted by molar-refractivity contribution is -0.384. The number of alkyl halides is 3. The molecule has 0 atom stereocenters. The van der Waals surface area contributed by atoms with Gasteiger partial charge in [0, 0.05) is 24.0 Å². The summed E-state index contributed by atoms with van der Waals surface area (Å²) >= 11 is 6.24. The number of anilines is 1. The Bertz CT molecular complexity index is 1240. The van der Waals surface area contributed by atoms with Crippen LogP contribution in [0.1, 0.15) is 10.7 Å². The van der Waals surface area contributed by atoms with Crippen LogP contribution in [0.4, 0.5) is 24.0 Å². The number of amides is 1. The zero-order valence-corrected chi connectivity index (χ0v) is 16.5. The fraction of sp³-hybridized carbons (Fsp3) is 0.0588. The first-order valence-electron chi connectivity index (χ1n) is 8.05. The number of carbonyl (C=O) groups excluding carboxylic acids is 1. The summed E-state index contributed by atoms with van der Waals surface area (Å²) in [7, 11) is 0. The van der Waals surface area contributed by atoms with Crippen molar-refractivity contribution in [3.05, 3.63) is 67.9 Å². The first-order chi connectivity index (χ1) is 14.6. The van der Waals surface area contributed by atoms with Gasteiger partial charge in [0.05, 0.1) is 15.6 Å². The third kappa shape index (κ3) is 4.87. The molecule has 158 valence electrons. The summed E-state index contributed by atoms with van der Waals surface area (Å²) in [4.78, 5) is 22.7. The molecule has 1 aromatic carbocycles. The fourth-order valence-corrected chi connectivity index (χ4v) is 3.19. The maximum Gasteiger partial charge on any atom is 0.445 e. The molecule has 0 aliphatic rings. The van der Waals surface area contributed by atoms with Gasteiger partial charge < -0.3 is 4.57 Å². The molecular weight excluding hydrogens is 461 g/mol. The quantitative estimate of drug-likeness (QED) is 0.255. The predicted molar refractivity (Wildman–Crippen MR) is 105 cm³/mol. The zero-order chi connectivity index (χ0) is 22.8. The molecule has 0 aliphatic heterocycles. The Morgan fingerprint density at radius 3 is 2.71 bits per heavy atom. The second-order valence-corrected chi connectivity index (χ2v) is 7.11. The summed E-state index contributed by atoms with van der Waals surface area (Å²) in [5.41, 5.74) is -0.186. The smallest absolute Gasteiger partial charge is 0.315 e. The Hall–Kier alpha value is -3.76. The number of hydrogen-bond donors (Lipinski definition) is 1. The van der Waals surface area contributed by atoms with Crippen LogP contribution in [0.3, 0.4) is 0 Å². The number of benzene rings is 1. The number of non-ortho nitro benzene ring substituents is 1. The highest BCUT2D eigenvalue weighted by Gasteiger charge is 2.35. The average Bonchev–Trinajstić information content (AvgIpc) is 3.35. The Morgan fingerprint density at radius 2 is 2.10 bits per heavy atom. The Kier molecular flexibility index (Phi) is 6.04. The summed E-state index contributed by atoms with van der Waals surface area (Å²) < 4.78 is 39.2. The Balaban J connectivity index is 1.91. The van der Waals surface area contributed by atoms with E-state index in [1.807, 2.05) is 0 Å². The summed E-state index contributed by atoms with van der Waals surface area (Å²) in [5, 5.41) is 27.1. The van der Waals surface area contributed by atoms with Crippen LogP contribution in [-0.2, 0) is 11.0 Å². The Labute approximate surface area is 180 Å². The molecule has 1 N–H and O–H groups in total. The SMILES string of the molecule is N#CC(=Cc1cccn1-c1cc([N+](=O)[O-])ccc1Cl)C(=O)Nc1nnc(C(F)(F)F)s1. The first-order valence-corrected chi connectivity index (χ1v) is 9.25. The lowest BCUT2D eigenvalue weighted by Crippen LogP contribution is -2.13. The van der Waals surface area contributed by atoms with Crippen molar-refractivity contribution in [2.45, 2.75) is 6.18 Å². The molecule has 9 nitrogen and oxygen atoms in total. The van der Waals surface area contributed by atoms with Gasteiger partial charge in [-0.1, -0.05) is 22.9 Å². The van der Waals surface area contributed by atoms with Gasteiger partial charge in [-0.05, 0) is 24.3 Å². The van der Waals surface area contributed by atoms with Gasteiger partial charge in [-0.15, -0.1) is 10.2 Å². The molecule has 2 aromatic heterocycles. The molecule has 0 unspecified atom stereocenters. The zero-order valence-electron chi connectivity index (χ0n) is 14.9. The summed E-state index contributed by atoms with van der Waals surface area (Å²) in [6.45, 7) is 0. The molecule has 3 rings (SSSR count). The van der Waals surface area contributed by atoms with E-state index in [1.54, 1.807) is 12.1 Å². The van der Waals surface area contributed by atoms with Gasteiger partial charge in [-0.25, -0.2) is 0 Å². The van der Waals surface area contributed by atoms with E-state index in [-0.39, 0.29) is 33.4 Å². The monoisotopic (exact) mass is 468 g/mol. The van der Waals surface area contributed by atoms with Crippen LogP contribution in [0.25, 0.3) is 11.8 Å². The van der Waals surface area contributed by atoms with Crippen molar-refractivity contribution in [1.82, 2.24) is 14.8 Å². The molecule has 0 bridgehead atoms. The van der Waals surface area contributed by atoms with Crippen molar-refractivity contribution in [3.63, 3.8) is 0 Å². The van der Waals surface area contributed by atoms with Crippen molar-refractivity contribution in [2.24, 2.45) is 0 Å². The number of nitro benzene ring substituents is 1. The molecule has 0 fully saturated rings. The minimum atomic E-state index is -4.72. The molecule has 2 heterocycles. The van der Waals surface area contributed by atoms with Gasteiger partial charge in [0.1, 0.15) is 11.6 Å². The number of halogens is 4. The first kappa shape index (κ1) is 21.9. The lowest BCUT2D eigenvalue weighted by Gasteiger charge is -2.09. The van der Waals surface area contributed by atoms with Gasteiger partial charge >= 0.3 is 6.18 Å². The number of aromatic nitrogens is 3. The van der Waals surface area contributed by atoms with Gasteiger partial charge in [-0.2, -0.15) is 18.4 Å². The van der Waals surface area contributed by atoms with Crippen molar-refractivity contribution in [3.8, 4) is 11.8 Å². The molecule has 0 saturated heterocycles. The molecule has 14 heteroatoms. The van der Waals surface area contributed by atoms with E-state index in [9.17, 15) is 33.3 Å². The van der Waals surface area contributed by atoms with Crippen LogP contribution in [0.2, 0.25) is 5.02 Å². The number of hydrogen-bond acceptors (Lipinski definition) is 7. The lowest BCUT2D eigenvalue weighted by atomic mass is 10.2. The number of nitriles is 1. The van der Waals surface area contributed by atoms with Crippen molar-refractivity contribution in [1.29, 1.82) is 5.26 Å². The maximum atomic E-state index is 12.6. The van der Waals surface area contributed by atoms with Crippen LogP contribution in [-0.4, -0.2) is 25.6 Å². The number of carbonyl (C=O) groups is 1. The molecular formula is C17H8ClF3N6O3S. The third-order valence-corrected chi connectivity index (χ3v) is 4.93. The van der Waals surface area contributed by atoms with E-state index in [2.05, 4.69) is 15.5 Å². The van der Waals surface area contributed by atoms with Crippen LogP contribution in [0, 0.1) is 21.4 Å². The summed E-state index contributed by atoms with van der Waals surface area (Å²) in [5.74, 6) is -1.01. The van der Waals surface area contributed by atoms with Gasteiger partial charge in [0.15, 0.2) is 0 Å². The highest BCUT2D eigenvalue weighted by molar-refractivity contribution is 7.15. The maximum absolute atomic E-state index is 12.6. The molecule has 0 radical (unpaired) electrons. The topological polar surface area (TPSA) is 127 Å². The van der Waals surface area contributed by atoms with Crippen LogP contribution in [0.5, 0.6) is 0 Å². The Morgan fingerprint density at radius 1 is 1.35 bits per heavy atom. The summed E-state index contributed by atoms with van der Waals surface area (Å²) in [6, 6.07) is 8.47. The number of nitro groups is 1. The standard InChI is InChI=1S/C17H8ClF3N6O3S/c18-12-4-3-11(27(29)30)7-13(12)26-5-1-2-10(26)6-9(8-22)14(28)23-16-25-24-15(31-16)17(19,20)21/h1-7H,(H,23,25,28). The molecule has 0 aliphatic carbocycles. The van der Waals surface area contributed by atoms with E-state index in [0.29, 0.717) is 0 Å². The van der Waals surface area contributed by atoms with Crippen molar-refractivity contribution in [2.75, 3.05) is 5.32 Å². The van der Waals surface area contributed by atoms with Crippen molar-refractivity contribution < 1.29 is 22.9 Å². The largest absolute Gasteiger partial charge is 0.445 e. The minimum Gasteiger partial charge on any atom is -0.315 e. The highest BCUT2D eigenvalue weighted by atomic mass is 35.5. The normalized spacial score (nSPS) is 11.8. The van der Waals surface area contributed by atoms with Crippen LogP contribution in [0.15, 0.2) is 42.1 Å². The highest BCUT2D eigenvalue weighted by Crippen LogP contribution is 2.33. The van der Waals surface area contributed by atoms with Crippen LogP contribution < -0.4 is 5.32 Å². The third-order valence-electron chi connectivity index (χ3n) is 3.73. The van der Waals surface area contributed by atoms with Gasteiger partial charge in [0.2, 0.25) is 10.1 Å². The number of nitrogens with one attached hydrogen (secondary N) is 1.